The quantitative estimate of drug-likeness (QED) is 0.700. The largest absolute Gasteiger partial charge is 0.504 e. The van der Waals surface area contributed by atoms with Crippen LogP contribution in [0.15, 0.2) is 30.9 Å². The smallest absolute Gasteiger partial charge is 0.197 e. The summed E-state index contributed by atoms with van der Waals surface area (Å²) in [5.74, 6) is -0.897. The highest BCUT2D eigenvalue weighted by Gasteiger charge is 2.06. The molecule has 1 rings (SSSR count). The Balaban J connectivity index is 2.88. The van der Waals surface area contributed by atoms with Crippen molar-refractivity contribution in [2.45, 2.75) is 0 Å². The Morgan fingerprint density at radius 2 is 2.33 bits per heavy atom. The van der Waals surface area contributed by atoms with E-state index < -0.39 is 5.82 Å². The average molecular weight is 168 g/mol. The van der Waals surface area contributed by atoms with E-state index in [0.717, 1.165) is 0 Å². The van der Waals surface area contributed by atoms with Crippen molar-refractivity contribution >= 4 is 0 Å². The van der Waals surface area contributed by atoms with Crippen molar-refractivity contribution in [2.75, 3.05) is 6.61 Å². The minimum atomic E-state index is -0.572. The van der Waals surface area contributed by atoms with Crippen LogP contribution < -0.4 is 4.74 Å². The molecule has 64 valence electrons. The van der Waals surface area contributed by atoms with Gasteiger partial charge in [-0.05, 0) is 12.1 Å². The lowest BCUT2D eigenvalue weighted by atomic mass is 10.3. The van der Waals surface area contributed by atoms with Crippen LogP contribution in [0.3, 0.4) is 0 Å². The topological polar surface area (TPSA) is 29.5 Å². The van der Waals surface area contributed by atoms with Crippen molar-refractivity contribution in [2.24, 2.45) is 0 Å². The van der Waals surface area contributed by atoms with Gasteiger partial charge in [-0.25, -0.2) is 4.39 Å². The van der Waals surface area contributed by atoms with Gasteiger partial charge >= 0.3 is 0 Å². The van der Waals surface area contributed by atoms with Gasteiger partial charge in [0.15, 0.2) is 17.3 Å². The maximum absolute atomic E-state index is 12.9. The lowest BCUT2D eigenvalue weighted by Crippen LogP contribution is -1.95. The zero-order valence-electron chi connectivity index (χ0n) is 6.46. The molecular weight excluding hydrogens is 159 g/mol. The number of hydrogen-bond acceptors (Lipinski definition) is 2. The molecule has 0 radical (unpaired) electrons. The summed E-state index contributed by atoms with van der Waals surface area (Å²) in [6, 6.07) is 3.99. The van der Waals surface area contributed by atoms with E-state index in [1.54, 1.807) is 0 Å². The molecule has 1 aromatic rings. The molecule has 0 saturated heterocycles. The molecule has 0 atom stereocenters. The minimum Gasteiger partial charge on any atom is -0.504 e. The minimum absolute atomic E-state index is 0.127. The summed E-state index contributed by atoms with van der Waals surface area (Å²) in [7, 11) is 0. The van der Waals surface area contributed by atoms with Gasteiger partial charge in [-0.2, -0.15) is 0 Å². The number of rotatable bonds is 3. The number of halogens is 1. The van der Waals surface area contributed by atoms with Gasteiger partial charge in [-0.1, -0.05) is 18.7 Å². The molecule has 0 spiro atoms. The molecule has 0 heterocycles. The molecule has 0 unspecified atom stereocenters. The van der Waals surface area contributed by atoms with E-state index in [4.69, 9.17) is 9.84 Å². The fraction of sp³-hybridized carbons (Fsp3) is 0.111. The molecular formula is C9H9FO2. The molecule has 0 aliphatic carbocycles. The third kappa shape index (κ3) is 1.75. The predicted octanol–water partition coefficient (Wildman–Crippen LogP) is 2.10. The Morgan fingerprint density at radius 1 is 1.58 bits per heavy atom. The Hall–Kier alpha value is -1.51. The molecule has 0 aliphatic heterocycles. The molecule has 0 fully saturated rings. The van der Waals surface area contributed by atoms with Gasteiger partial charge in [-0.3, -0.25) is 0 Å². The zero-order chi connectivity index (χ0) is 8.97. The van der Waals surface area contributed by atoms with Gasteiger partial charge in [-0.15, -0.1) is 0 Å². The van der Waals surface area contributed by atoms with Crippen LogP contribution in [0.2, 0.25) is 0 Å². The van der Waals surface area contributed by atoms with Gasteiger partial charge in [0.25, 0.3) is 0 Å². The van der Waals surface area contributed by atoms with E-state index in [1.165, 1.54) is 24.3 Å². The van der Waals surface area contributed by atoms with Crippen molar-refractivity contribution in [3.8, 4) is 11.5 Å². The molecule has 0 saturated carbocycles. The average Bonchev–Trinajstić information content (AvgIpc) is 2.04. The summed E-state index contributed by atoms with van der Waals surface area (Å²) in [6.45, 7) is 3.58. The standard InChI is InChI=1S/C9H9FO2/c1-2-6-12-9-7(10)4-3-5-8(9)11/h2-5,11H,1,6H2. The van der Waals surface area contributed by atoms with E-state index in [-0.39, 0.29) is 18.1 Å². The van der Waals surface area contributed by atoms with E-state index in [1.807, 2.05) is 0 Å². The van der Waals surface area contributed by atoms with Crippen molar-refractivity contribution in [1.29, 1.82) is 0 Å². The van der Waals surface area contributed by atoms with Gasteiger partial charge in [0, 0.05) is 0 Å². The van der Waals surface area contributed by atoms with E-state index in [9.17, 15) is 4.39 Å². The molecule has 0 amide bonds. The summed E-state index contributed by atoms with van der Waals surface area (Å²) in [4.78, 5) is 0. The van der Waals surface area contributed by atoms with Crippen LogP contribution in [-0.4, -0.2) is 11.7 Å². The SMILES string of the molecule is C=CCOc1c(O)cccc1F. The Bertz CT molecular complexity index is 264. The van der Waals surface area contributed by atoms with Crippen molar-refractivity contribution in [3.63, 3.8) is 0 Å². The second-order valence-electron chi connectivity index (χ2n) is 2.19. The van der Waals surface area contributed by atoms with Crippen molar-refractivity contribution < 1.29 is 14.2 Å². The maximum atomic E-state index is 12.9. The first-order valence-electron chi connectivity index (χ1n) is 3.47. The molecule has 12 heavy (non-hydrogen) atoms. The summed E-state index contributed by atoms with van der Waals surface area (Å²) in [6.07, 6.45) is 1.48. The Labute approximate surface area is 69.9 Å². The van der Waals surface area contributed by atoms with Crippen LogP contribution in [0.25, 0.3) is 0 Å². The van der Waals surface area contributed by atoms with Crippen LogP contribution >= 0.6 is 0 Å². The van der Waals surface area contributed by atoms with E-state index in [0.29, 0.717) is 0 Å². The van der Waals surface area contributed by atoms with Crippen LogP contribution in [0, 0.1) is 5.82 Å². The molecule has 0 bridgehead atoms. The highest BCUT2D eigenvalue weighted by Crippen LogP contribution is 2.28. The van der Waals surface area contributed by atoms with Crippen LogP contribution in [0.5, 0.6) is 11.5 Å². The first-order chi connectivity index (χ1) is 5.75. The fourth-order valence-electron chi connectivity index (χ4n) is 0.783. The number of phenols is 1. The molecule has 0 aliphatic rings. The first kappa shape index (κ1) is 8.59. The second-order valence-corrected chi connectivity index (χ2v) is 2.19. The van der Waals surface area contributed by atoms with E-state index >= 15 is 0 Å². The van der Waals surface area contributed by atoms with Crippen molar-refractivity contribution in [1.82, 2.24) is 0 Å². The summed E-state index contributed by atoms with van der Waals surface area (Å²) in [5, 5.41) is 9.12. The third-order valence-corrected chi connectivity index (χ3v) is 1.29. The third-order valence-electron chi connectivity index (χ3n) is 1.29. The summed E-state index contributed by atoms with van der Waals surface area (Å²) in [5.41, 5.74) is 0. The molecule has 3 heteroatoms. The Morgan fingerprint density at radius 3 is 2.92 bits per heavy atom. The molecule has 0 aromatic heterocycles. The fourth-order valence-corrected chi connectivity index (χ4v) is 0.783. The predicted molar refractivity (Wildman–Crippen MR) is 43.8 cm³/mol. The van der Waals surface area contributed by atoms with Crippen LogP contribution in [-0.2, 0) is 0 Å². The lowest BCUT2D eigenvalue weighted by Gasteiger charge is -2.05. The Kier molecular flexibility index (Phi) is 2.69. The molecule has 2 nitrogen and oxygen atoms in total. The summed E-state index contributed by atoms with van der Waals surface area (Å²) >= 11 is 0. The first-order valence-corrected chi connectivity index (χ1v) is 3.47. The highest BCUT2D eigenvalue weighted by molar-refractivity contribution is 5.39. The highest BCUT2D eigenvalue weighted by atomic mass is 19.1. The summed E-state index contributed by atoms with van der Waals surface area (Å²) < 4.78 is 17.7. The monoisotopic (exact) mass is 168 g/mol. The molecule has 1 aromatic carbocycles. The number of benzene rings is 1. The van der Waals surface area contributed by atoms with Gasteiger partial charge in [0.1, 0.15) is 6.61 Å². The number of phenolic OH excluding ortho intramolecular Hbond substituents is 1. The van der Waals surface area contributed by atoms with Gasteiger partial charge < -0.3 is 9.84 Å². The number of ether oxygens (including phenoxy) is 1. The van der Waals surface area contributed by atoms with Crippen molar-refractivity contribution in [3.05, 3.63) is 36.7 Å². The number of hydrogen-bond donors (Lipinski definition) is 1. The molecule has 1 N–H and O–H groups in total. The maximum Gasteiger partial charge on any atom is 0.197 e. The van der Waals surface area contributed by atoms with Gasteiger partial charge in [0.05, 0.1) is 0 Å². The second kappa shape index (κ2) is 3.76. The zero-order valence-corrected chi connectivity index (χ0v) is 6.46. The number of aromatic hydroxyl groups is 1. The van der Waals surface area contributed by atoms with Crippen LogP contribution in [0.4, 0.5) is 4.39 Å². The number of para-hydroxylation sites is 1. The van der Waals surface area contributed by atoms with Gasteiger partial charge in [0.2, 0.25) is 0 Å². The normalized spacial score (nSPS) is 9.42. The lowest BCUT2D eigenvalue weighted by molar-refractivity contribution is 0.317. The van der Waals surface area contributed by atoms with Crippen LogP contribution in [0.1, 0.15) is 0 Å². The van der Waals surface area contributed by atoms with E-state index in [2.05, 4.69) is 6.58 Å².